The molecule has 4 rings (SSSR count). The molecule has 2 saturated carbocycles. The molecule has 0 amide bonds. The van der Waals surface area contributed by atoms with Gasteiger partial charge in [-0.2, -0.15) is 5.10 Å². The molecular weight excluding hydrogens is 363 g/mol. The standard InChI is InChI=1S/C17H20Cl2N4S/c1-21(9-12-3-2-4-14(18)15(12)19)10-22-17(24)23(13-7-8-13)16(20-22)11-5-6-11/h2-4,11,13H,5-10H2,1H3. The topological polar surface area (TPSA) is 26.0 Å². The first kappa shape index (κ1) is 16.6. The average Bonchev–Trinajstić information content (AvgIpc) is 3.44. The normalized spacial score (nSPS) is 17.7. The molecule has 128 valence electrons. The smallest absolute Gasteiger partial charge is 0.199 e. The van der Waals surface area contributed by atoms with Crippen molar-refractivity contribution in [3.05, 3.63) is 44.4 Å². The molecule has 24 heavy (non-hydrogen) atoms. The van der Waals surface area contributed by atoms with Crippen molar-refractivity contribution in [3.63, 3.8) is 0 Å². The van der Waals surface area contributed by atoms with Crippen LogP contribution in [0.15, 0.2) is 18.2 Å². The highest BCUT2D eigenvalue weighted by Gasteiger charge is 2.35. The number of nitrogens with zero attached hydrogens (tertiary/aromatic N) is 4. The monoisotopic (exact) mass is 382 g/mol. The van der Waals surface area contributed by atoms with Crippen molar-refractivity contribution in [3.8, 4) is 0 Å². The lowest BCUT2D eigenvalue weighted by atomic mass is 10.2. The van der Waals surface area contributed by atoms with Crippen molar-refractivity contribution in [1.29, 1.82) is 0 Å². The Bertz CT molecular complexity index is 820. The zero-order valence-corrected chi connectivity index (χ0v) is 15.9. The molecule has 0 bridgehead atoms. The molecule has 1 aromatic heterocycles. The summed E-state index contributed by atoms with van der Waals surface area (Å²) in [7, 11) is 2.05. The van der Waals surface area contributed by atoms with Gasteiger partial charge in [0.1, 0.15) is 5.82 Å². The Morgan fingerprint density at radius 3 is 2.67 bits per heavy atom. The van der Waals surface area contributed by atoms with Crippen LogP contribution in [0, 0.1) is 4.77 Å². The lowest BCUT2D eigenvalue weighted by Crippen LogP contribution is -2.23. The largest absolute Gasteiger partial charge is 0.301 e. The maximum Gasteiger partial charge on any atom is 0.199 e. The van der Waals surface area contributed by atoms with Gasteiger partial charge in [0, 0.05) is 18.5 Å². The van der Waals surface area contributed by atoms with E-state index in [1.54, 1.807) is 0 Å². The Kier molecular flexibility index (Phi) is 4.45. The van der Waals surface area contributed by atoms with E-state index in [0.29, 0.717) is 35.2 Å². The maximum absolute atomic E-state index is 6.29. The van der Waals surface area contributed by atoms with Crippen molar-refractivity contribution in [1.82, 2.24) is 19.2 Å². The van der Waals surface area contributed by atoms with Crippen molar-refractivity contribution in [2.45, 2.75) is 50.9 Å². The van der Waals surface area contributed by atoms with Crippen LogP contribution in [0.2, 0.25) is 10.0 Å². The Morgan fingerprint density at radius 1 is 1.25 bits per heavy atom. The van der Waals surface area contributed by atoms with Crippen LogP contribution in [0.3, 0.4) is 0 Å². The summed E-state index contributed by atoms with van der Waals surface area (Å²) < 4.78 is 5.11. The minimum absolute atomic E-state index is 0.578. The Hall–Kier alpha value is -0.880. The van der Waals surface area contributed by atoms with Gasteiger partial charge in [-0.1, -0.05) is 35.3 Å². The van der Waals surface area contributed by atoms with E-state index in [1.165, 1.54) is 31.5 Å². The molecule has 0 aliphatic heterocycles. The van der Waals surface area contributed by atoms with Gasteiger partial charge in [-0.15, -0.1) is 0 Å². The summed E-state index contributed by atoms with van der Waals surface area (Å²) in [5, 5.41) is 6.04. The summed E-state index contributed by atoms with van der Waals surface area (Å²) in [5.41, 5.74) is 1.02. The third-order valence-corrected chi connectivity index (χ3v) is 5.86. The average molecular weight is 383 g/mol. The second-order valence-electron chi connectivity index (χ2n) is 6.88. The molecule has 2 fully saturated rings. The molecule has 0 unspecified atom stereocenters. The molecule has 4 nitrogen and oxygen atoms in total. The number of halogens is 2. The molecule has 0 N–H and O–H groups in total. The predicted octanol–water partition coefficient (Wildman–Crippen LogP) is 5.02. The molecule has 2 aliphatic carbocycles. The van der Waals surface area contributed by atoms with Gasteiger partial charge in [-0.25, -0.2) is 4.68 Å². The Balaban J connectivity index is 1.53. The van der Waals surface area contributed by atoms with Gasteiger partial charge in [-0.05, 0) is 56.6 Å². The third kappa shape index (κ3) is 3.27. The number of rotatable bonds is 6. The summed E-state index contributed by atoms with van der Waals surface area (Å²) in [5.74, 6) is 1.80. The van der Waals surface area contributed by atoms with E-state index in [2.05, 4.69) is 9.47 Å². The highest BCUT2D eigenvalue weighted by Crippen LogP contribution is 2.44. The van der Waals surface area contributed by atoms with Crippen molar-refractivity contribution < 1.29 is 0 Å². The van der Waals surface area contributed by atoms with Crippen LogP contribution >= 0.6 is 35.4 Å². The molecule has 1 heterocycles. The molecule has 1 aromatic carbocycles. The van der Waals surface area contributed by atoms with Gasteiger partial charge >= 0.3 is 0 Å². The first-order chi connectivity index (χ1) is 11.5. The minimum Gasteiger partial charge on any atom is -0.301 e. The van der Waals surface area contributed by atoms with Crippen LogP contribution < -0.4 is 0 Å². The van der Waals surface area contributed by atoms with E-state index in [1.807, 2.05) is 29.9 Å². The fourth-order valence-electron chi connectivity index (χ4n) is 3.06. The van der Waals surface area contributed by atoms with Crippen LogP contribution in [-0.2, 0) is 13.2 Å². The SMILES string of the molecule is CN(Cc1cccc(Cl)c1Cl)Cn1nc(C2CC2)n(C2CC2)c1=S. The second-order valence-corrected chi connectivity index (χ2v) is 8.03. The number of benzene rings is 1. The first-order valence-electron chi connectivity index (χ1n) is 8.35. The quantitative estimate of drug-likeness (QED) is 0.655. The van der Waals surface area contributed by atoms with E-state index in [4.69, 9.17) is 40.5 Å². The number of aromatic nitrogens is 3. The predicted molar refractivity (Wildman–Crippen MR) is 99.2 cm³/mol. The molecule has 0 spiro atoms. The molecular formula is C17H20Cl2N4S. The molecule has 0 radical (unpaired) electrons. The van der Waals surface area contributed by atoms with Gasteiger partial charge in [0.25, 0.3) is 0 Å². The van der Waals surface area contributed by atoms with Gasteiger partial charge in [0.15, 0.2) is 4.77 Å². The highest BCUT2D eigenvalue weighted by molar-refractivity contribution is 7.71. The van der Waals surface area contributed by atoms with Gasteiger partial charge in [0.2, 0.25) is 0 Å². The molecule has 2 aromatic rings. The van der Waals surface area contributed by atoms with Crippen molar-refractivity contribution >= 4 is 35.4 Å². The fourth-order valence-corrected chi connectivity index (χ4v) is 3.79. The van der Waals surface area contributed by atoms with Crippen LogP contribution in [0.1, 0.15) is 49.0 Å². The molecule has 0 saturated heterocycles. The van der Waals surface area contributed by atoms with Crippen molar-refractivity contribution in [2.75, 3.05) is 7.05 Å². The zero-order chi connectivity index (χ0) is 16.8. The van der Waals surface area contributed by atoms with Crippen LogP contribution in [0.4, 0.5) is 0 Å². The summed E-state index contributed by atoms with van der Waals surface area (Å²) in [6, 6.07) is 6.32. The highest BCUT2D eigenvalue weighted by atomic mass is 35.5. The minimum atomic E-state index is 0.578. The second kappa shape index (κ2) is 6.45. The zero-order valence-electron chi connectivity index (χ0n) is 13.6. The Morgan fingerprint density at radius 2 is 2.00 bits per heavy atom. The van der Waals surface area contributed by atoms with Crippen LogP contribution in [-0.4, -0.2) is 26.3 Å². The van der Waals surface area contributed by atoms with E-state index in [-0.39, 0.29) is 0 Å². The number of hydrogen-bond acceptors (Lipinski definition) is 3. The Labute approximate surface area is 157 Å². The van der Waals surface area contributed by atoms with Gasteiger partial charge in [0.05, 0.1) is 16.7 Å². The fraction of sp³-hybridized carbons (Fsp3) is 0.529. The summed E-state index contributed by atoms with van der Waals surface area (Å²) in [6.07, 6.45) is 4.94. The summed E-state index contributed by atoms with van der Waals surface area (Å²) >= 11 is 18.1. The summed E-state index contributed by atoms with van der Waals surface area (Å²) in [6.45, 7) is 1.36. The molecule has 2 aliphatic rings. The van der Waals surface area contributed by atoms with Gasteiger partial charge < -0.3 is 4.57 Å². The number of hydrogen-bond donors (Lipinski definition) is 0. The van der Waals surface area contributed by atoms with E-state index < -0.39 is 0 Å². The van der Waals surface area contributed by atoms with E-state index in [9.17, 15) is 0 Å². The maximum atomic E-state index is 6.29. The van der Waals surface area contributed by atoms with E-state index in [0.717, 1.165) is 10.3 Å². The lowest BCUT2D eigenvalue weighted by Gasteiger charge is -2.17. The van der Waals surface area contributed by atoms with Crippen LogP contribution in [0.5, 0.6) is 0 Å². The lowest BCUT2D eigenvalue weighted by molar-refractivity contribution is 0.243. The summed E-state index contributed by atoms with van der Waals surface area (Å²) in [4.78, 5) is 2.16. The van der Waals surface area contributed by atoms with Crippen molar-refractivity contribution in [2.24, 2.45) is 0 Å². The third-order valence-electron chi connectivity index (χ3n) is 4.60. The molecule has 7 heteroatoms. The van der Waals surface area contributed by atoms with Gasteiger partial charge in [-0.3, -0.25) is 4.90 Å². The van der Waals surface area contributed by atoms with Crippen LogP contribution in [0.25, 0.3) is 0 Å². The molecule has 0 atom stereocenters. The van der Waals surface area contributed by atoms with E-state index >= 15 is 0 Å². The first-order valence-corrected chi connectivity index (χ1v) is 9.51.